The summed E-state index contributed by atoms with van der Waals surface area (Å²) in [7, 11) is 3.07. The Bertz CT molecular complexity index is 1450. The van der Waals surface area contributed by atoms with Crippen LogP contribution in [0.5, 0.6) is 5.75 Å². The van der Waals surface area contributed by atoms with Crippen LogP contribution in [0.25, 0.3) is 22.1 Å². The maximum atomic E-state index is 15.3. The van der Waals surface area contributed by atoms with Gasteiger partial charge in [-0.2, -0.15) is 0 Å². The molecule has 7 nitrogen and oxygen atoms in total. The molecule has 0 aliphatic heterocycles. The van der Waals surface area contributed by atoms with Crippen molar-refractivity contribution < 1.29 is 36.9 Å². The van der Waals surface area contributed by atoms with Crippen LogP contribution in [-0.4, -0.2) is 32.9 Å². The van der Waals surface area contributed by atoms with Crippen molar-refractivity contribution in [2.45, 2.75) is 39.2 Å². The molecule has 0 amide bonds. The third kappa shape index (κ3) is 6.81. The number of carbonyl (C=O) groups excluding carboxylic acids is 1. The van der Waals surface area contributed by atoms with E-state index in [4.69, 9.17) is 29.1 Å². The average molecular weight is 540 g/mol. The highest BCUT2D eigenvalue weighted by Crippen LogP contribution is 2.35. The highest BCUT2D eigenvalue weighted by Gasteiger charge is 2.18. The minimum atomic E-state index is -0.530. The summed E-state index contributed by atoms with van der Waals surface area (Å²) in [4.78, 5) is 12.4. The van der Waals surface area contributed by atoms with Crippen molar-refractivity contribution in [1.29, 1.82) is 0 Å². The first-order valence-electron chi connectivity index (χ1n) is 12.4. The molecule has 39 heavy (non-hydrogen) atoms. The Kier molecular flexibility index (Phi) is 9.29. The quantitative estimate of drug-likeness (QED) is 0.232. The van der Waals surface area contributed by atoms with Gasteiger partial charge in [-0.15, -0.1) is 0 Å². The van der Waals surface area contributed by atoms with Crippen LogP contribution in [0.15, 0.2) is 59.0 Å². The number of ether oxygens (including phenoxy) is 4. The van der Waals surface area contributed by atoms with Crippen molar-refractivity contribution >= 4 is 16.9 Å². The van der Waals surface area contributed by atoms with Gasteiger partial charge in [-0.25, -0.2) is 8.78 Å². The molecule has 0 spiro atoms. The number of rotatable bonds is 12. The second kappa shape index (κ2) is 12.8. The van der Waals surface area contributed by atoms with Crippen LogP contribution in [0.4, 0.5) is 8.78 Å². The molecule has 1 heterocycles. The molecular weight excluding hydrogens is 508 g/mol. The van der Waals surface area contributed by atoms with Gasteiger partial charge in [-0.05, 0) is 48.9 Å². The lowest BCUT2D eigenvalue weighted by Gasteiger charge is -2.15. The fourth-order valence-electron chi connectivity index (χ4n) is 4.39. The smallest absolute Gasteiger partial charge is 0.310 e. The van der Waals surface area contributed by atoms with Gasteiger partial charge in [0.2, 0.25) is 0 Å². The summed E-state index contributed by atoms with van der Waals surface area (Å²) in [6.07, 6.45) is -0.619. The number of fused-ring (bicyclic) bond motifs is 1. The van der Waals surface area contributed by atoms with E-state index < -0.39 is 23.7 Å². The first kappa shape index (κ1) is 28.2. The fraction of sp³-hybridized carbons (Fsp3) is 0.300. The van der Waals surface area contributed by atoms with Crippen LogP contribution in [0.3, 0.4) is 0 Å². The van der Waals surface area contributed by atoms with Gasteiger partial charge >= 0.3 is 5.97 Å². The Hall–Kier alpha value is -3.79. The molecule has 0 bridgehead atoms. The van der Waals surface area contributed by atoms with Crippen molar-refractivity contribution in [3.63, 3.8) is 0 Å². The molecule has 4 aromatic rings. The molecule has 2 N–H and O–H groups in total. The summed E-state index contributed by atoms with van der Waals surface area (Å²) < 4.78 is 56.9. The Morgan fingerprint density at radius 2 is 1.79 bits per heavy atom. The third-order valence-corrected chi connectivity index (χ3v) is 6.09. The summed E-state index contributed by atoms with van der Waals surface area (Å²) >= 11 is 0. The van der Waals surface area contributed by atoms with Crippen LogP contribution in [0, 0.1) is 11.6 Å². The van der Waals surface area contributed by atoms with E-state index in [0.29, 0.717) is 44.9 Å². The number of furan rings is 1. The lowest BCUT2D eigenvalue weighted by molar-refractivity contribution is -0.149. The maximum Gasteiger partial charge on any atom is 0.310 e. The molecule has 0 aliphatic rings. The molecule has 9 heteroatoms. The number of nitrogens with two attached hydrogens (primary N) is 1. The molecule has 0 saturated heterocycles. The lowest BCUT2D eigenvalue weighted by Crippen LogP contribution is -2.21. The monoisotopic (exact) mass is 539 g/mol. The Balaban J connectivity index is 1.65. The minimum Gasteiger partial charge on any atom is -0.489 e. The molecule has 0 fully saturated rings. The highest BCUT2D eigenvalue weighted by atomic mass is 19.1. The predicted molar refractivity (Wildman–Crippen MR) is 142 cm³/mol. The molecule has 0 saturated carbocycles. The van der Waals surface area contributed by atoms with Gasteiger partial charge in [0.1, 0.15) is 48.0 Å². The number of hydrogen-bond acceptors (Lipinski definition) is 7. The topological polar surface area (TPSA) is 93.2 Å². The Labute approximate surface area is 225 Å². The second-order valence-electron chi connectivity index (χ2n) is 9.16. The van der Waals surface area contributed by atoms with E-state index in [1.54, 1.807) is 38.3 Å². The van der Waals surface area contributed by atoms with Crippen molar-refractivity contribution in [1.82, 2.24) is 0 Å². The summed E-state index contributed by atoms with van der Waals surface area (Å²) in [5.74, 6) is -0.538. The predicted octanol–water partition coefficient (Wildman–Crippen LogP) is 5.68. The van der Waals surface area contributed by atoms with Gasteiger partial charge in [0, 0.05) is 48.4 Å². The molecular formula is C30H31F2NO6. The van der Waals surface area contributed by atoms with E-state index in [1.165, 1.54) is 25.3 Å². The van der Waals surface area contributed by atoms with Crippen molar-refractivity contribution in [2.24, 2.45) is 5.73 Å². The number of halogens is 2. The van der Waals surface area contributed by atoms with Crippen LogP contribution in [0.1, 0.15) is 29.4 Å². The fourth-order valence-corrected chi connectivity index (χ4v) is 4.39. The number of esters is 1. The zero-order chi connectivity index (χ0) is 27.9. The van der Waals surface area contributed by atoms with Gasteiger partial charge in [0.05, 0.1) is 13.0 Å². The summed E-state index contributed by atoms with van der Waals surface area (Å²) in [6, 6.07) is 14.5. The Morgan fingerprint density at radius 3 is 2.54 bits per heavy atom. The van der Waals surface area contributed by atoms with Gasteiger partial charge < -0.3 is 29.1 Å². The average Bonchev–Trinajstić information content (AvgIpc) is 3.31. The van der Waals surface area contributed by atoms with Gasteiger partial charge in [0.15, 0.2) is 0 Å². The second-order valence-corrected chi connectivity index (χ2v) is 9.16. The standard InChI is InChI=1S/C30H31F2NO6/c1-18(15-35-2)38-28(34)13-21-11-23(31)7-8-27(21)37-16-19-9-22-12-24(17-36-3)39-30(22)26(10-19)25-6-4-5-20(14-33)29(25)32/h4-12,18H,13-17,33H2,1-3H3. The number of hydrogen-bond donors (Lipinski definition) is 1. The van der Waals surface area contributed by atoms with Crippen molar-refractivity contribution in [3.8, 4) is 16.9 Å². The van der Waals surface area contributed by atoms with E-state index >= 15 is 4.39 Å². The normalized spacial score (nSPS) is 12.1. The largest absolute Gasteiger partial charge is 0.489 e. The molecule has 0 radical (unpaired) electrons. The SMILES string of the molecule is COCc1cc2cc(COc3ccc(F)cc3CC(=O)OC(C)COC)cc(-c3cccc(CN)c3F)c2o1. The number of methoxy groups -OCH3 is 2. The zero-order valence-corrected chi connectivity index (χ0v) is 22.1. The van der Waals surface area contributed by atoms with Crippen LogP contribution in [0.2, 0.25) is 0 Å². The number of benzene rings is 3. The van der Waals surface area contributed by atoms with E-state index in [-0.39, 0.29) is 32.8 Å². The van der Waals surface area contributed by atoms with E-state index in [9.17, 15) is 9.18 Å². The molecule has 4 rings (SSSR count). The maximum absolute atomic E-state index is 15.3. The highest BCUT2D eigenvalue weighted by molar-refractivity contribution is 5.94. The molecule has 1 aromatic heterocycles. The minimum absolute atomic E-state index is 0.0543. The first-order valence-corrected chi connectivity index (χ1v) is 12.4. The number of carbonyl (C=O) groups is 1. The van der Waals surface area contributed by atoms with Crippen LogP contribution < -0.4 is 10.5 Å². The van der Waals surface area contributed by atoms with E-state index in [2.05, 4.69) is 0 Å². The molecule has 206 valence electrons. The molecule has 3 aromatic carbocycles. The third-order valence-electron chi connectivity index (χ3n) is 6.09. The van der Waals surface area contributed by atoms with Crippen LogP contribution in [-0.2, 0) is 45.2 Å². The van der Waals surface area contributed by atoms with Crippen molar-refractivity contribution in [2.75, 3.05) is 20.8 Å². The zero-order valence-electron chi connectivity index (χ0n) is 22.1. The summed E-state index contributed by atoms with van der Waals surface area (Å²) in [5.41, 5.74) is 8.57. The van der Waals surface area contributed by atoms with Gasteiger partial charge in [-0.1, -0.05) is 18.2 Å². The van der Waals surface area contributed by atoms with Crippen molar-refractivity contribution in [3.05, 3.63) is 88.7 Å². The first-order chi connectivity index (χ1) is 18.8. The van der Waals surface area contributed by atoms with Gasteiger partial charge in [0.25, 0.3) is 0 Å². The van der Waals surface area contributed by atoms with Crippen LogP contribution >= 0.6 is 0 Å². The lowest BCUT2D eigenvalue weighted by atomic mass is 9.98. The van der Waals surface area contributed by atoms with E-state index in [1.807, 2.05) is 12.1 Å². The Morgan fingerprint density at radius 1 is 0.974 bits per heavy atom. The van der Waals surface area contributed by atoms with Gasteiger partial charge in [-0.3, -0.25) is 4.79 Å². The summed E-state index contributed by atoms with van der Waals surface area (Å²) in [6.45, 7) is 2.33. The van der Waals surface area contributed by atoms with E-state index in [0.717, 1.165) is 5.39 Å². The molecule has 0 aliphatic carbocycles. The molecule has 1 unspecified atom stereocenters. The summed E-state index contributed by atoms with van der Waals surface area (Å²) in [5, 5.41) is 0.741. The molecule has 1 atom stereocenters.